The minimum Gasteiger partial charge on any atom is -0.502 e. The second-order valence-electron chi connectivity index (χ2n) is 7.33. The smallest absolute Gasteiger partial charge is 0.312 e. The third-order valence-electron chi connectivity index (χ3n) is 4.07. The maximum atomic E-state index is 13.1. The Morgan fingerprint density at radius 3 is 2.62 bits per heavy atom. The minimum absolute atomic E-state index is 0.00491. The van der Waals surface area contributed by atoms with Crippen molar-refractivity contribution < 1.29 is 10.0 Å². The Kier molecular flexibility index (Phi) is 5.46. The van der Waals surface area contributed by atoms with Gasteiger partial charge in [-0.3, -0.25) is 14.9 Å². The SMILES string of the molecule is CC(C)(C)c1nc2ccc(Br)cc2c(=O)n1N=Cc1cc(Cl)cc([N+](=O)[O-])c1O. The number of halogens is 2. The number of phenolic OH excluding ortho intramolecular Hbond substituents is 1. The van der Waals surface area contributed by atoms with Crippen molar-refractivity contribution in [3.05, 3.63) is 71.7 Å². The number of benzene rings is 2. The van der Waals surface area contributed by atoms with Crippen molar-refractivity contribution in [2.75, 3.05) is 0 Å². The molecule has 0 unspecified atom stereocenters. The molecule has 8 nitrogen and oxygen atoms in total. The Morgan fingerprint density at radius 2 is 2.00 bits per heavy atom. The molecule has 0 atom stereocenters. The summed E-state index contributed by atoms with van der Waals surface area (Å²) < 4.78 is 1.84. The molecule has 2 aromatic carbocycles. The summed E-state index contributed by atoms with van der Waals surface area (Å²) in [6.45, 7) is 5.65. The molecule has 29 heavy (non-hydrogen) atoms. The summed E-state index contributed by atoms with van der Waals surface area (Å²) in [4.78, 5) is 28.0. The lowest BCUT2D eigenvalue weighted by Crippen LogP contribution is -2.29. The molecular weight excluding hydrogens is 464 g/mol. The van der Waals surface area contributed by atoms with Gasteiger partial charge in [-0.25, -0.2) is 4.98 Å². The van der Waals surface area contributed by atoms with Crippen molar-refractivity contribution in [1.29, 1.82) is 0 Å². The topological polar surface area (TPSA) is 111 Å². The molecular formula is C19H16BrClN4O4. The lowest BCUT2D eigenvalue weighted by molar-refractivity contribution is -0.385. The van der Waals surface area contributed by atoms with Gasteiger partial charge in [0.25, 0.3) is 5.56 Å². The van der Waals surface area contributed by atoms with Crippen LogP contribution in [0.5, 0.6) is 5.75 Å². The van der Waals surface area contributed by atoms with E-state index >= 15 is 0 Å². The number of nitrogens with zero attached hydrogens (tertiary/aromatic N) is 4. The second-order valence-corrected chi connectivity index (χ2v) is 8.68. The zero-order chi connectivity index (χ0) is 21.5. The zero-order valence-corrected chi connectivity index (χ0v) is 18.0. The van der Waals surface area contributed by atoms with Gasteiger partial charge in [0, 0.05) is 26.5 Å². The fraction of sp³-hybridized carbons (Fsp3) is 0.211. The van der Waals surface area contributed by atoms with Crippen LogP contribution in [0.25, 0.3) is 10.9 Å². The van der Waals surface area contributed by atoms with E-state index in [1.54, 1.807) is 18.2 Å². The number of nitro groups is 1. The number of aromatic hydroxyl groups is 1. The molecule has 0 spiro atoms. The molecule has 3 rings (SSSR count). The molecule has 0 saturated heterocycles. The van der Waals surface area contributed by atoms with Crippen LogP contribution in [0.15, 0.2) is 44.7 Å². The first-order valence-electron chi connectivity index (χ1n) is 8.43. The minimum atomic E-state index is -0.750. The van der Waals surface area contributed by atoms with Crippen LogP contribution in [0.4, 0.5) is 5.69 Å². The van der Waals surface area contributed by atoms with Gasteiger partial charge < -0.3 is 5.11 Å². The van der Waals surface area contributed by atoms with Crippen molar-refractivity contribution in [2.45, 2.75) is 26.2 Å². The Labute approximate surface area is 178 Å². The first kappa shape index (κ1) is 20.9. The van der Waals surface area contributed by atoms with E-state index in [9.17, 15) is 20.0 Å². The summed E-state index contributed by atoms with van der Waals surface area (Å²) in [5.41, 5.74) is -0.960. The highest BCUT2D eigenvalue weighted by Gasteiger charge is 2.23. The van der Waals surface area contributed by atoms with E-state index in [0.717, 1.165) is 17.0 Å². The molecule has 1 aromatic heterocycles. The predicted octanol–water partition coefficient (Wildman–Crippen LogP) is 4.61. The predicted molar refractivity (Wildman–Crippen MR) is 115 cm³/mol. The Hall–Kier alpha value is -2.78. The summed E-state index contributed by atoms with van der Waals surface area (Å²) in [5, 5.41) is 25.9. The zero-order valence-electron chi connectivity index (χ0n) is 15.7. The summed E-state index contributed by atoms with van der Waals surface area (Å²) >= 11 is 9.25. The lowest BCUT2D eigenvalue weighted by atomic mass is 9.95. The van der Waals surface area contributed by atoms with E-state index in [1.807, 2.05) is 20.8 Å². The number of aromatic nitrogens is 2. The summed E-state index contributed by atoms with van der Waals surface area (Å²) in [7, 11) is 0. The number of fused-ring (bicyclic) bond motifs is 1. The highest BCUT2D eigenvalue weighted by molar-refractivity contribution is 9.10. The average Bonchev–Trinajstić information content (AvgIpc) is 2.62. The fourth-order valence-electron chi connectivity index (χ4n) is 2.70. The van der Waals surface area contributed by atoms with Crippen LogP contribution in [-0.2, 0) is 5.41 Å². The molecule has 0 aliphatic rings. The van der Waals surface area contributed by atoms with Gasteiger partial charge >= 0.3 is 5.69 Å². The van der Waals surface area contributed by atoms with E-state index in [-0.39, 0.29) is 10.6 Å². The average molecular weight is 480 g/mol. The maximum absolute atomic E-state index is 13.1. The number of nitro benzene ring substituents is 1. The molecule has 3 aromatic rings. The Morgan fingerprint density at radius 1 is 1.31 bits per heavy atom. The Balaban J connectivity index is 2.26. The van der Waals surface area contributed by atoms with Crippen LogP contribution in [0, 0.1) is 10.1 Å². The molecule has 0 aliphatic heterocycles. The van der Waals surface area contributed by atoms with Gasteiger partial charge in [0.2, 0.25) is 5.75 Å². The van der Waals surface area contributed by atoms with Crippen molar-refractivity contribution >= 4 is 50.3 Å². The lowest BCUT2D eigenvalue weighted by Gasteiger charge is -2.20. The Bertz CT molecular complexity index is 1230. The van der Waals surface area contributed by atoms with Gasteiger partial charge in [-0.1, -0.05) is 48.3 Å². The molecule has 10 heteroatoms. The van der Waals surface area contributed by atoms with Gasteiger partial charge in [0.15, 0.2) is 0 Å². The van der Waals surface area contributed by atoms with E-state index in [1.165, 1.54) is 6.07 Å². The van der Waals surface area contributed by atoms with E-state index in [2.05, 4.69) is 26.0 Å². The molecule has 150 valence electrons. The molecule has 0 radical (unpaired) electrons. The van der Waals surface area contributed by atoms with Crippen molar-refractivity contribution in [3.63, 3.8) is 0 Å². The molecule has 0 saturated carbocycles. The number of phenols is 1. The van der Waals surface area contributed by atoms with Gasteiger partial charge in [-0.15, -0.1) is 0 Å². The largest absolute Gasteiger partial charge is 0.502 e. The molecule has 0 aliphatic carbocycles. The monoisotopic (exact) mass is 478 g/mol. The molecule has 0 amide bonds. The first-order valence-corrected chi connectivity index (χ1v) is 9.60. The highest BCUT2D eigenvalue weighted by atomic mass is 79.9. The maximum Gasteiger partial charge on any atom is 0.312 e. The second kappa shape index (κ2) is 7.57. The first-order chi connectivity index (χ1) is 13.5. The van der Waals surface area contributed by atoms with Crippen molar-refractivity contribution in [3.8, 4) is 5.75 Å². The number of hydrogen-bond acceptors (Lipinski definition) is 6. The quantitative estimate of drug-likeness (QED) is 0.335. The van der Waals surface area contributed by atoms with Crippen molar-refractivity contribution in [2.24, 2.45) is 5.10 Å². The van der Waals surface area contributed by atoms with E-state index < -0.39 is 27.3 Å². The number of hydrogen-bond donors (Lipinski definition) is 1. The van der Waals surface area contributed by atoms with Crippen LogP contribution in [0.3, 0.4) is 0 Å². The van der Waals surface area contributed by atoms with Gasteiger partial charge in [-0.2, -0.15) is 9.78 Å². The van der Waals surface area contributed by atoms with Crippen molar-refractivity contribution in [1.82, 2.24) is 9.66 Å². The van der Waals surface area contributed by atoms with Crippen LogP contribution in [0.2, 0.25) is 5.02 Å². The van der Waals surface area contributed by atoms with Gasteiger partial charge in [0.1, 0.15) is 5.82 Å². The highest BCUT2D eigenvalue weighted by Crippen LogP contribution is 2.32. The summed E-state index contributed by atoms with van der Waals surface area (Å²) in [6, 6.07) is 7.52. The normalized spacial score (nSPS) is 12.0. The fourth-order valence-corrected chi connectivity index (χ4v) is 3.29. The summed E-state index contributed by atoms with van der Waals surface area (Å²) in [6.07, 6.45) is 1.15. The van der Waals surface area contributed by atoms with Gasteiger partial charge in [-0.05, 0) is 24.3 Å². The summed E-state index contributed by atoms with van der Waals surface area (Å²) in [5.74, 6) is -0.199. The van der Waals surface area contributed by atoms with E-state index in [4.69, 9.17) is 11.6 Å². The third-order valence-corrected chi connectivity index (χ3v) is 4.78. The van der Waals surface area contributed by atoms with Crippen LogP contribution in [0.1, 0.15) is 32.2 Å². The van der Waals surface area contributed by atoms with Crippen LogP contribution >= 0.6 is 27.5 Å². The van der Waals surface area contributed by atoms with Crippen LogP contribution < -0.4 is 5.56 Å². The van der Waals surface area contributed by atoms with E-state index in [0.29, 0.717) is 21.2 Å². The van der Waals surface area contributed by atoms with Gasteiger partial charge in [0.05, 0.1) is 22.0 Å². The molecule has 0 bridgehead atoms. The molecule has 1 heterocycles. The molecule has 1 N–H and O–H groups in total. The molecule has 0 fully saturated rings. The third kappa shape index (κ3) is 4.15. The van der Waals surface area contributed by atoms with Crippen LogP contribution in [-0.4, -0.2) is 25.9 Å². The number of rotatable bonds is 3. The standard InChI is InChI=1S/C19H16BrClN4O4/c1-19(2,3)18-23-14-5-4-11(20)7-13(14)17(27)24(18)22-9-10-6-12(21)8-15(16(10)26)25(28)29/h4-9,26H,1-3H3.